The summed E-state index contributed by atoms with van der Waals surface area (Å²) in [7, 11) is 0. The molecule has 6 heteroatoms. The van der Waals surface area contributed by atoms with Gasteiger partial charge in [0.1, 0.15) is 5.51 Å². The Balaban J connectivity index is 2.11. The fraction of sp³-hybridized carbons (Fsp3) is 0.714. The fourth-order valence-electron chi connectivity index (χ4n) is 0.763. The van der Waals surface area contributed by atoms with Crippen LogP contribution >= 0.6 is 23.1 Å². The highest BCUT2D eigenvalue weighted by Crippen LogP contribution is 2.19. The van der Waals surface area contributed by atoms with E-state index in [0.29, 0.717) is 12.3 Å². The van der Waals surface area contributed by atoms with Gasteiger partial charge < -0.3 is 10.4 Å². The van der Waals surface area contributed by atoms with Gasteiger partial charge in [-0.15, -0.1) is 10.2 Å². The molecule has 13 heavy (non-hydrogen) atoms. The predicted octanol–water partition coefficient (Wildman–Crippen LogP) is 0.601. The number of nitrogens with one attached hydrogen (secondary N) is 1. The highest BCUT2D eigenvalue weighted by atomic mass is 32.2. The molecule has 0 fully saturated rings. The molecule has 1 atom stereocenters. The van der Waals surface area contributed by atoms with E-state index in [2.05, 4.69) is 15.5 Å². The molecule has 1 rings (SSSR count). The van der Waals surface area contributed by atoms with Crippen LogP contribution in [0.15, 0.2) is 9.85 Å². The molecule has 0 saturated heterocycles. The summed E-state index contributed by atoms with van der Waals surface area (Å²) in [5.41, 5.74) is 1.69. The topological polar surface area (TPSA) is 58.0 Å². The van der Waals surface area contributed by atoms with Gasteiger partial charge in [-0.2, -0.15) is 0 Å². The van der Waals surface area contributed by atoms with Crippen LogP contribution in [0, 0.1) is 0 Å². The molecule has 1 aromatic heterocycles. The van der Waals surface area contributed by atoms with E-state index in [1.165, 1.54) is 11.3 Å². The van der Waals surface area contributed by atoms with E-state index in [-0.39, 0.29) is 6.10 Å². The standard InChI is InChI=1S/C7H13N3OS2/c1-2-8-3-6(11)4-12-7-10-9-5-13-7/h5-6,8,11H,2-4H2,1H3. The molecule has 2 N–H and O–H groups in total. The van der Waals surface area contributed by atoms with Crippen molar-refractivity contribution in [3.63, 3.8) is 0 Å². The molecule has 1 aromatic rings. The van der Waals surface area contributed by atoms with Crippen molar-refractivity contribution in [2.75, 3.05) is 18.8 Å². The summed E-state index contributed by atoms with van der Waals surface area (Å²) in [6.45, 7) is 3.55. The number of hydrogen-bond donors (Lipinski definition) is 2. The molecule has 0 aliphatic rings. The minimum absolute atomic E-state index is 0.311. The quantitative estimate of drug-likeness (QED) is 0.686. The second-order valence-corrected chi connectivity index (χ2v) is 4.58. The van der Waals surface area contributed by atoms with Gasteiger partial charge in [0.15, 0.2) is 4.34 Å². The number of likely N-dealkylation sites (N-methyl/N-ethyl adjacent to an activating group) is 1. The van der Waals surface area contributed by atoms with Crippen LogP contribution in [0.1, 0.15) is 6.92 Å². The summed E-state index contributed by atoms with van der Waals surface area (Å²) >= 11 is 3.04. The Kier molecular flexibility index (Phi) is 5.29. The van der Waals surface area contributed by atoms with Crippen molar-refractivity contribution in [1.82, 2.24) is 15.5 Å². The molecular weight excluding hydrogens is 206 g/mol. The van der Waals surface area contributed by atoms with E-state index in [0.717, 1.165) is 10.9 Å². The maximum Gasteiger partial charge on any atom is 0.174 e. The predicted molar refractivity (Wildman–Crippen MR) is 55.2 cm³/mol. The first-order valence-corrected chi connectivity index (χ1v) is 5.97. The first kappa shape index (κ1) is 10.9. The van der Waals surface area contributed by atoms with Crippen LogP contribution in [0.4, 0.5) is 0 Å². The monoisotopic (exact) mass is 219 g/mol. The Morgan fingerprint density at radius 2 is 2.62 bits per heavy atom. The molecule has 0 aliphatic carbocycles. The van der Waals surface area contributed by atoms with Gasteiger partial charge in [-0.3, -0.25) is 0 Å². The first-order valence-electron chi connectivity index (χ1n) is 4.10. The first-order chi connectivity index (χ1) is 6.33. The second kappa shape index (κ2) is 6.31. The zero-order valence-corrected chi connectivity index (χ0v) is 9.07. The van der Waals surface area contributed by atoms with Crippen molar-refractivity contribution in [2.24, 2.45) is 0 Å². The van der Waals surface area contributed by atoms with Crippen molar-refractivity contribution in [3.05, 3.63) is 5.51 Å². The van der Waals surface area contributed by atoms with Gasteiger partial charge in [0.2, 0.25) is 0 Å². The average Bonchev–Trinajstić information content (AvgIpc) is 2.64. The molecular formula is C7H13N3OS2. The molecule has 1 unspecified atom stereocenters. The van der Waals surface area contributed by atoms with Gasteiger partial charge in [0.25, 0.3) is 0 Å². The molecule has 0 aromatic carbocycles. The van der Waals surface area contributed by atoms with Crippen LogP contribution in [0.25, 0.3) is 0 Å². The number of rotatable bonds is 6. The third kappa shape index (κ3) is 4.56. The summed E-state index contributed by atoms with van der Waals surface area (Å²) in [4.78, 5) is 0. The Bertz CT molecular complexity index is 218. The minimum atomic E-state index is -0.311. The van der Waals surface area contributed by atoms with Crippen LogP contribution in [-0.2, 0) is 0 Å². The number of hydrogen-bond acceptors (Lipinski definition) is 6. The van der Waals surface area contributed by atoms with Crippen molar-refractivity contribution >= 4 is 23.1 Å². The molecule has 0 saturated carbocycles. The molecule has 74 valence electrons. The van der Waals surface area contributed by atoms with Crippen molar-refractivity contribution in [2.45, 2.75) is 17.4 Å². The van der Waals surface area contributed by atoms with E-state index in [9.17, 15) is 5.11 Å². The lowest BCUT2D eigenvalue weighted by Crippen LogP contribution is -2.28. The van der Waals surface area contributed by atoms with Crippen LogP contribution in [0.2, 0.25) is 0 Å². The van der Waals surface area contributed by atoms with E-state index in [1.807, 2.05) is 6.92 Å². The van der Waals surface area contributed by atoms with E-state index < -0.39 is 0 Å². The Morgan fingerprint density at radius 1 is 1.77 bits per heavy atom. The summed E-state index contributed by atoms with van der Waals surface area (Å²) in [5, 5.41) is 20.1. The van der Waals surface area contributed by atoms with Crippen LogP contribution in [-0.4, -0.2) is 40.3 Å². The number of aliphatic hydroxyl groups excluding tert-OH is 1. The zero-order valence-electron chi connectivity index (χ0n) is 7.43. The minimum Gasteiger partial charge on any atom is -0.391 e. The molecule has 0 aliphatic heterocycles. The zero-order chi connectivity index (χ0) is 9.52. The van der Waals surface area contributed by atoms with Gasteiger partial charge in [-0.05, 0) is 6.54 Å². The van der Waals surface area contributed by atoms with Crippen LogP contribution in [0.5, 0.6) is 0 Å². The van der Waals surface area contributed by atoms with Crippen molar-refractivity contribution in [1.29, 1.82) is 0 Å². The highest BCUT2D eigenvalue weighted by molar-refractivity contribution is 8.01. The summed E-state index contributed by atoms with van der Waals surface area (Å²) in [5.74, 6) is 0.669. The van der Waals surface area contributed by atoms with Gasteiger partial charge in [-0.1, -0.05) is 30.0 Å². The number of aromatic nitrogens is 2. The van der Waals surface area contributed by atoms with Crippen molar-refractivity contribution in [3.8, 4) is 0 Å². The lowest BCUT2D eigenvalue weighted by Gasteiger charge is -2.08. The highest BCUT2D eigenvalue weighted by Gasteiger charge is 2.05. The lowest BCUT2D eigenvalue weighted by molar-refractivity contribution is 0.197. The normalized spacial score (nSPS) is 13.1. The summed E-state index contributed by atoms with van der Waals surface area (Å²) in [6, 6.07) is 0. The van der Waals surface area contributed by atoms with Gasteiger partial charge >= 0.3 is 0 Å². The van der Waals surface area contributed by atoms with E-state index in [4.69, 9.17) is 0 Å². The maximum atomic E-state index is 9.45. The van der Waals surface area contributed by atoms with Gasteiger partial charge in [0, 0.05) is 12.3 Å². The number of nitrogens with zero attached hydrogens (tertiary/aromatic N) is 2. The fourth-order valence-corrected chi connectivity index (χ4v) is 2.20. The third-order valence-corrected chi connectivity index (χ3v) is 3.37. The van der Waals surface area contributed by atoms with E-state index in [1.54, 1.807) is 17.3 Å². The molecule has 0 bridgehead atoms. The van der Waals surface area contributed by atoms with Crippen LogP contribution < -0.4 is 5.32 Å². The molecule has 4 nitrogen and oxygen atoms in total. The lowest BCUT2D eigenvalue weighted by atomic mass is 10.4. The maximum absolute atomic E-state index is 9.45. The smallest absolute Gasteiger partial charge is 0.174 e. The SMILES string of the molecule is CCNCC(O)CSc1nncs1. The van der Waals surface area contributed by atoms with Crippen LogP contribution in [0.3, 0.4) is 0 Å². The second-order valence-electron chi connectivity index (χ2n) is 2.48. The third-order valence-electron chi connectivity index (χ3n) is 1.37. The average molecular weight is 219 g/mol. The summed E-state index contributed by atoms with van der Waals surface area (Å²) < 4.78 is 0.913. The number of aliphatic hydroxyl groups is 1. The van der Waals surface area contributed by atoms with Crippen molar-refractivity contribution < 1.29 is 5.11 Å². The molecule has 0 radical (unpaired) electrons. The number of thioether (sulfide) groups is 1. The van der Waals surface area contributed by atoms with Gasteiger partial charge in [-0.25, -0.2) is 0 Å². The Hall–Kier alpha value is -0.170. The summed E-state index contributed by atoms with van der Waals surface area (Å²) in [6.07, 6.45) is -0.311. The molecule has 0 amide bonds. The van der Waals surface area contributed by atoms with E-state index >= 15 is 0 Å². The van der Waals surface area contributed by atoms with Gasteiger partial charge in [0.05, 0.1) is 6.10 Å². The Morgan fingerprint density at radius 3 is 3.23 bits per heavy atom. The largest absolute Gasteiger partial charge is 0.391 e. The molecule has 1 heterocycles. The molecule has 0 spiro atoms. The Labute approximate surface area is 85.8 Å².